The van der Waals surface area contributed by atoms with E-state index in [-0.39, 0.29) is 29.8 Å². The molecule has 0 amide bonds. The highest BCUT2D eigenvalue weighted by Gasteiger charge is 2.66. The van der Waals surface area contributed by atoms with Crippen LogP contribution in [0.3, 0.4) is 0 Å². The highest BCUT2D eigenvalue weighted by atomic mass is 19.4. The third-order valence-corrected chi connectivity index (χ3v) is 3.66. The van der Waals surface area contributed by atoms with Gasteiger partial charge in [0.05, 0.1) is 16.5 Å². The molecule has 1 saturated carbocycles. The first kappa shape index (κ1) is 12.7. The molecule has 9 heteroatoms. The summed E-state index contributed by atoms with van der Waals surface area (Å²) in [6.07, 6.45) is -2.82. The maximum Gasteiger partial charge on any atom is 0.398 e. The number of halogens is 3. The lowest BCUT2D eigenvalue weighted by molar-refractivity contribution is -0.384. The fourth-order valence-corrected chi connectivity index (χ4v) is 2.44. The van der Waals surface area contributed by atoms with Gasteiger partial charge in [-0.15, -0.1) is 0 Å². The zero-order chi connectivity index (χ0) is 14.7. The van der Waals surface area contributed by atoms with Crippen molar-refractivity contribution in [3.8, 4) is 11.4 Å². The van der Waals surface area contributed by atoms with Crippen LogP contribution < -0.4 is 0 Å². The summed E-state index contributed by atoms with van der Waals surface area (Å²) >= 11 is 0. The van der Waals surface area contributed by atoms with Gasteiger partial charge in [-0.05, 0) is 12.8 Å². The molecule has 0 unspecified atom stereocenters. The van der Waals surface area contributed by atoms with Crippen molar-refractivity contribution in [2.75, 3.05) is 0 Å². The number of nitrogens with zero attached hydrogens (tertiary/aromatic N) is 3. The summed E-state index contributed by atoms with van der Waals surface area (Å²) in [6, 6.07) is 0.958. The van der Waals surface area contributed by atoms with E-state index >= 15 is 0 Å². The molecule has 20 heavy (non-hydrogen) atoms. The van der Waals surface area contributed by atoms with E-state index in [2.05, 4.69) is 4.98 Å². The lowest BCUT2D eigenvalue weighted by Gasteiger charge is -2.19. The fourth-order valence-electron chi connectivity index (χ4n) is 2.44. The zero-order valence-electron chi connectivity index (χ0n) is 9.89. The van der Waals surface area contributed by atoms with Crippen molar-refractivity contribution >= 4 is 5.69 Å². The fraction of sp³-hybridized carbons (Fsp3) is 0.364. The van der Waals surface area contributed by atoms with E-state index < -0.39 is 22.2 Å². The molecule has 0 aromatic carbocycles. The highest BCUT2D eigenvalue weighted by molar-refractivity contribution is 5.76. The average Bonchev–Trinajstić information content (AvgIpc) is 3.04. The molecule has 3 rings (SSSR count). The number of hydrogen-bond donors (Lipinski definition) is 1. The second-order valence-electron chi connectivity index (χ2n) is 4.75. The van der Waals surface area contributed by atoms with Crippen molar-refractivity contribution in [2.24, 2.45) is 0 Å². The number of aromatic nitrogens is 2. The molecule has 0 atom stereocenters. The minimum atomic E-state index is -4.50. The van der Waals surface area contributed by atoms with Crippen LogP contribution in [0.25, 0.3) is 11.4 Å². The second kappa shape index (κ2) is 3.62. The van der Waals surface area contributed by atoms with Crippen LogP contribution in [0.4, 0.5) is 18.9 Å². The summed E-state index contributed by atoms with van der Waals surface area (Å²) in [5.41, 5.74) is -3.07. The molecule has 0 spiro atoms. The molecule has 2 aliphatic heterocycles. The van der Waals surface area contributed by atoms with Crippen molar-refractivity contribution in [3.63, 3.8) is 0 Å². The Bertz CT molecular complexity index is 676. The number of hydrogen-bond acceptors (Lipinski definition) is 4. The molecular formula is C11H8F3N3O3. The van der Waals surface area contributed by atoms with Gasteiger partial charge in [0.15, 0.2) is 5.82 Å². The van der Waals surface area contributed by atoms with Gasteiger partial charge in [-0.1, -0.05) is 0 Å². The third kappa shape index (κ3) is 1.49. The standard InChI is InChI=1S/C11H8F3N3O3/c12-11(13,14)10(2-3-10)6-5-15-9-8(6)7(17(19)20)1-4-16(9)18/h1,4-5,18H,2-3H2. The first-order valence-electron chi connectivity index (χ1n) is 5.69. The average molecular weight is 287 g/mol. The number of fused-ring (bicyclic) bond motifs is 1. The van der Waals surface area contributed by atoms with Crippen LogP contribution in [0.1, 0.15) is 18.4 Å². The van der Waals surface area contributed by atoms with Gasteiger partial charge in [0.2, 0.25) is 0 Å². The van der Waals surface area contributed by atoms with Crippen LogP contribution in [0.15, 0.2) is 18.5 Å². The maximum absolute atomic E-state index is 13.2. The molecule has 106 valence electrons. The van der Waals surface area contributed by atoms with Gasteiger partial charge >= 0.3 is 6.18 Å². The summed E-state index contributed by atoms with van der Waals surface area (Å²) in [5.74, 6) is -0.246. The van der Waals surface area contributed by atoms with E-state index in [1.165, 1.54) is 0 Å². The van der Waals surface area contributed by atoms with Crippen molar-refractivity contribution in [1.82, 2.24) is 9.71 Å². The lowest BCUT2D eigenvalue weighted by atomic mass is 9.93. The molecule has 0 radical (unpaired) electrons. The van der Waals surface area contributed by atoms with Crippen LogP contribution in [0.2, 0.25) is 0 Å². The van der Waals surface area contributed by atoms with Gasteiger partial charge in [0, 0.05) is 17.8 Å². The number of rotatable bonds is 2. The van der Waals surface area contributed by atoms with E-state index in [0.29, 0.717) is 4.73 Å². The molecule has 0 aromatic rings. The molecule has 0 aromatic heterocycles. The summed E-state index contributed by atoms with van der Waals surface area (Å²) in [4.78, 5) is 13.9. The van der Waals surface area contributed by atoms with Crippen molar-refractivity contribution in [1.29, 1.82) is 0 Å². The largest absolute Gasteiger partial charge is 0.427 e. The van der Waals surface area contributed by atoms with Gasteiger partial charge in [-0.2, -0.15) is 17.9 Å². The molecule has 0 bridgehead atoms. The first-order valence-corrected chi connectivity index (χ1v) is 5.69. The van der Waals surface area contributed by atoms with E-state index in [4.69, 9.17) is 0 Å². The number of alkyl halides is 3. The van der Waals surface area contributed by atoms with E-state index in [1.807, 2.05) is 0 Å². The van der Waals surface area contributed by atoms with Crippen LogP contribution in [0.5, 0.6) is 0 Å². The quantitative estimate of drug-likeness (QED) is 0.523. The minimum absolute atomic E-state index is 0.130. The first-order chi connectivity index (χ1) is 9.28. The molecule has 1 N–H and O–H groups in total. The summed E-state index contributed by atoms with van der Waals surface area (Å²) < 4.78 is 39.9. The van der Waals surface area contributed by atoms with Gasteiger partial charge < -0.3 is 5.21 Å². The molecule has 1 fully saturated rings. The lowest BCUT2D eigenvalue weighted by Crippen LogP contribution is -2.28. The van der Waals surface area contributed by atoms with Crippen LogP contribution in [-0.2, 0) is 5.41 Å². The van der Waals surface area contributed by atoms with E-state index in [0.717, 1.165) is 18.5 Å². The molecule has 6 nitrogen and oxygen atoms in total. The van der Waals surface area contributed by atoms with Crippen molar-refractivity contribution in [3.05, 3.63) is 34.1 Å². The zero-order valence-corrected chi connectivity index (χ0v) is 9.89. The summed E-state index contributed by atoms with van der Waals surface area (Å²) in [6.45, 7) is 0. The van der Waals surface area contributed by atoms with Gasteiger partial charge in [-0.3, -0.25) is 10.1 Å². The molecule has 2 heterocycles. The van der Waals surface area contributed by atoms with E-state index in [1.54, 1.807) is 0 Å². The summed E-state index contributed by atoms with van der Waals surface area (Å²) in [5, 5.41) is 20.5. The highest BCUT2D eigenvalue weighted by Crippen LogP contribution is 2.61. The molecule has 3 aliphatic rings. The normalized spacial score (nSPS) is 17.4. The second-order valence-corrected chi connectivity index (χ2v) is 4.75. The molecule has 1 aliphatic carbocycles. The Morgan fingerprint density at radius 2 is 2.10 bits per heavy atom. The maximum atomic E-state index is 13.2. The van der Waals surface area contributed by atoms with Crippen molar-refractivity contribution < 1.29 is 23.3 Å². The van der Waals surface area contributed by atoms with Crippen LogP contribution in [-0.4, -0.2) is 26.0 Å². The summed E-state index contributed by atoms with van der Waals surface area (Å²) in [7, 11) is 0. The number of nitro groups is 1. The predicted octanol–water partition coefficient (Wildman–Crippen LogP) is 2.73. The Labute approximate surface area is 109 Å². The Balaban J connectivity index is 2.28. The molecule has 0 saturated heterocycles. The Morgan fingerprint density at radius 3 is 2.60 bits per heavy atom. The Hall–Kier alpha value is -2.32. The minimum Gasteiger partial charge on any atom is -0.427 e. The van der Waals surface area contributed by atoms with Gasteiger partial charge in [0.1, 0.15) is 5.56 Å². The molecular weight excluding hydrogens is 279 g/mol. The van der Waals surface area contributed by atoms with Crippen molar-refractivity contribution in [2.45, 2.75) is 24.4 Å². The van der Waals surface area contributed by atoms with Crippen LogP contribution in [0, 0.1) is 10.1 Å². The monoisotopic (exact) mass is 287 g/mol. The number of pyridine rings is 1. The smallest absolute Gasteiger partial charge is 0.398 e. The topological polar surface area (TPSA) is 81.2 Å². The van der Waals surface area contributed by atoms with Gasteiger partial charge in [-0.25, -0.2) is 4.98 Å². The Morgan fingerprint density at radius 1 is 1.45 bits per heavy atom. The third-order valence-electron chi connectivity index (χ3n) is 3.66. The Kier molecular flexibility index (Phi) is 2.30. The predicted molar refractivity (Wildman–Crippen MR) is 59.7 cm³/mol. The SMILES string of the molecule is O=[N+]([O-])c1ccn(O)c2ncc(C3(C(F)(F)F)CC3)c1-2. The van der Waals surface area contributed by atoms with Crippen LogP contribution >= 0.6 is 0 Å². The van der Waals surface area contributed by atoms with E-state index in [9.17, 15) is 28.5 Å². The van der Waals surface area contributed by atoms with Gasteiger partial charge in [0.25, 0.3) is 5.69 Å².